The molecule has 2 rings (SSSR count). The molecule has 2 nitrogen and oxygen atoms in total. The zero-order chi connectivity index (χ0) is 8.55. The summed E-state index contributed by atoms with van der Waals surface area (Å²) < 4.78 is 5.25. The molecular weight excluding hydrogens is 221 g/mol. The molecule has 0 amide bonds. The van der Waals surface area contributed by atoms with Crippen LogP contribution in [-0.2, 0) is 6.42 Å². The molecule has 14 heavy (non-hydrogen) atoms. The van der Waals surface area contributed by atoms with Crippen molar-refractivity contribution >= 4 is 24.8 Å². The Hall–Kier alpha value is -0.440. The van der Waals surface area contributed by atoms with Gasteiger partial charge < -0.3 is 10.5 Å². The topological polar surface area (TPSA) is 35.2 Å². The van der Waals surface area contributed by atoms with E-state index < -0.39 is 0 Å². The van der Waals surface area contributed by atoms with E-state index in [0.717, 1.165) is 18.6 Å². The first kappa shape index (κ1) is 13.6. The fraction of sp³-hybridized carbons (Fsp3) is 0.400. The Morgan fingerprint density at radius 2 is 2.07 bits per heavy atom. The number of fused-ring (bicyclic) bond motifs is 1. The van der Waals surface area contributed by atoms with E-state index in [1.165, 1.54) is 11.1 Å². The SMILES string of the molecule is COc1cccc2c1CC[C@H]2N.Cl.Cl. The van der Waals surface area contributed by atoms with Crippen molar-refractivity contribution in [3.05, 3.63) is 29.3 Å². The number of hydrogen-bond acceptors (Lipinski definition) is 2. The lowest BCUT2D eigenvalue weighted by Crippen LogP contribution is -2.04. The highest BCUT2D eigenvalue weighted by Gasteiger charge is 2.21. The van der Waals surface area contributed by atoms with Crippen molar-refractivity contribution in [2.75, 3.05) is 7.11 Å². The summed E-state index contributed by atoms with van der Waals surface area (Å²) in [6, 6.07) is 6.31. The Morgan fingerprint density at radius 3 is 2.71 bits per heavy atom. The number of hydrogen-bond donors (Lipinski definition) is 1. The van der Waals surface area contributed by atoms with Gasteiger partial charge in [0, 0.05) is 6.04 Å². The summed E-state index contributed by atoms with van der Waals surface area (Å²) in [4.78, 5) is 0. The van der Waals surface area contributed by atoms with Crippen molar-refractivity contribution in [2.24, 2.45) is 5.73 Å². The maximum Gasteiger partial charge on any atom is 0.122 e. The van der Waals surface area contributed by atoms with Gasteiger partial charge in [0.1, 0.15) is 5.75 Å². The highest BCUT2D eigenvalue weighted by Crippen LogP contribution is 2.34. The van der Waals surface area contributed by atoms with E-state index in [9.17, 15) is 0 Å². The van der Waals surface area contributed by atoms with Crippen LogP contribution in [0.25, 0.3) is 0 Å². The van der Waals surface area contributed by atoms with Gasteiger partial charge >= 0.3 is 0 Å². The van der Waals surface area contributed by atoms with Gasteiger partial charge in [0.05, 0.1) is 7.11 Å². The van der Waals surface area contributed by atoms with Crippen molar-refractivity contribution in [3.8, 4) is 5.75 Å². The molecule has 1 aliphatic rings. The maximum absolute atomic E-state index is 5.91. The van der Waals surface area contributed by atoms with Gasteiger partial charge in [0.15, 0.2) is 0 Å². The molecule has 1 aromatic rings. The highest BCUT2D eigenvalue weighted by molar-refractivity contribution is 5.85. The maximum atomic E-state index is 5.91. The summed E-state index contributed by atoms with van der Waals surface area (Å²) in [6.07, 6.45) is 2.11. The first-order valence-corrected chi connectivity index (χ1v) is 4.24. The molecule has 0 saturated carbocycles. The van der Waals surface area contributed by atoms with Crippen LogP contribution in [0.1, 0.15) is 23.6 Å². The minimum absolute atomic E-state index is 0. The van der Waals surface area contributed by atoms with E-state index >= 15 is 0 Å². The average Bonchev–Trinajstić information content (AvgIpc) is 2.48. The molecule has 1 aromatic carbocycles. The predicted molar refractivity (Wildman–Crippen MR) is 62.7 cm³/mol. The summed E-state index contributed by atoms with van der Waals surface area (Å²) in [5.74, 6) is 0.987. The summed E-state index contributed by atoms with van der Waals surface area (Å²) in [5.41, 5.74) is 8.47. The average molecular weight is 236 g/mol. The van der Waals surface area contributed by atoms with E-state index in [2.05, 4.69) is 6.07 Å². The van der Waals surface area contributed by atoms with Gasteiger partial charge in [-0.15, -0.1) is 24.8 Å². The zero-order valence-electron chi connectivity index (χ0n) is 8.03. The molecule has 2 N–H and O–H groups in total. The zero-order valence-corrected chi connectivity index (χ0v) is 9.66. The Labute approximate surface area is 96.6 Å². The molecule has 0 heterocycles. The summed E-state index contributed by atoms with van der Waals surface area (Å²) >= 11 is 0. The molecule has 0 aromatic heterocycles. The minimum atomic E-state index is 0. The first-order chi connectivity index (χ1) is 5.83. The van der Waals surface area contributed by atoms with Crippen molar-refractivity contribution in [3.63, 3.8) is 0 Å². The van der Waals surface area contributed by atoms with Crippen molar-refractivity contribution < 1.29 is 4.74 Å². The van der Waals surface area contributed by atoms with Gasteiger partial charge in [-0.05, 0) is 30.0 Å². The molecule has 0 unspecified atom stereocenters. The molecule has 0 spiro atoms. The Bertz CT molecular complexity index is 304. The molecule has 0 aliphatic heterocycles. The number of nitrogens with two attached hydrogens (primary N) is 1. The highest BCUT2D eigenvalue weighted by atomic mass is 35.5. The third-order valence-corrected chi connectivity index (χ3v) is 2.49. The monoisotopic (exact) mass is 235 g/mol. The number of ether oxygens (including phenoxy) is 1. The standard InChI is InChI=1S/C10H13NO.2ClH/c1-12-10-4-2-3-7-8(10)5-6-9(7)11;;/h2-4,9H,5-6,11H2,1H3;2*1H/t9-;;/m1../s1. The van der Waals surface area contributed by atoms with E-state index in [4.69, 9.17) is 10.5 Å². The lowest BCUT2D eigenvalue weighted by molar-refractivity contribution is 0.410. The fourth-order valence-corrected chi connectivity index (χ4v) is 1.84. The second kappa shape index (κ2) is 5.44. The third-order valence-electron chi connectivity index (χ3n) is 2.49. The Balaban J connectivity index is 0.000000845. The summed E-state index contributed by atoms with van der Waals surface area (Å²) in [6.45, 7) is 0. The second-order valence-electron chi connectivity index (χ2n) is 3.17. The van der Waals surface area contributed by atoms with Crippen LogP contribution in [-0.4, -0.2) is 7.11 Å². The molecule has 0 saturated heterocycles. The van der Waals surface area contributed by atoms with Crippen molar-refractivity contribution in [1.82, 2.24) is 0 Å². The molecule has 80 valence electrons. The molecule has 1 atom stereocenters. The van der Waals surface area contributed by atoms with Crippen molar-refractivity contribution in [2.45, 2.75) is 18.9 Å². The van der Waals surface area contributed by atoms with Gasteiger partial charge in [0.25, 0.3) is 0 Å². The van der Waals surface area contributed by atoms with Gasteiger partial charge in [-0.3, -0.25) is 0 Å². The number of methoxy groups -OCH3 is 1. The van der Waals surface area contributed by atoms with Crippen LogP contribution in [0.2, 0.25) is 0 Å². The molecule has 0 radical (unpaired) electrons. The minimum Gasteiger partial charge on any atom is -0.496 e. The molecule has 0 bridgehead atoms. The van der Waals surface area contributed by atoms with Crippen LogP contribution >= 0.6 is 24.8 Å². The quantitative estimate of drug-likeness (QED) is 0.812. The molecule has 1 aliphatic carbocycles. The van der Waals surface area contributed by atoms with E-state index in [1.807, 2.05) is 12.1 Å². The largest absolute Gasteiger partial charge is 0.496 e. The van der Waals surface area contributed by atoms with Crippen LogP contribution in [0.15, 0.2) is 18.2 Å². The normalized spacial score (nSPS) is 17.7. The van der Waals surface area contributed by atoms with Gasteiger partial charge in [-0.1, -0.05) is 12.1 Å². The number of halogens is 2. The van der Waals surface area contributed by atoms with Gasteiger partial charge in [-0.2, -0.15) is 0 Å². The van der Waals surface area contributed by atoms with Gasteiger partial charge in [0.2, 0.25) is 0 Å². The molecular formula is C10H15Cl2NO. The number of rotatable bonds is 1. The number of benzene rings is 1. The Kier molecular flexibility index (Phi) is 5.27. The van der Waals surface area contributed by atoms with Crippen LogP contribution < -0.4 is 10.5 Å². The predicted octanol–water partition coefficient (Wildman–Crippen LogP) is 2.48. The van der Waals surface area contributed by atoms with Crippen molar-refractivity contribution in [1.29, 1.82) is 0 Å². The fourth-order valence-electron chi connectivity index (χ4n) is 1.84. The van der Waals surface area contributed by atoms with Crippen LogP contribution in [0.3, 0.4) is 0 Å². The molecule has 4 heteroatoms. The molecule has 0 fully saturated rings. The lowest BCUT2D eigenvalue weighted by atomic mass is 10.1. The second-order valence-corrected chi connectivity index (χ2v) is 3.17. The summed E-state index contributed by atoms with van der Waals surface area (Å²) in [5, 5.41) is 0. The van der Waals surface area contributed by atoms with Gasteiger partial charge in [-0.25, -0.2) is 0 Å². The van der Waals surface area contributed by atoms with Crippen LogP contribution in [0, 0.1) is 0 Å². The van der Waals surface area contributed by atoms with E-state index in [0.29, 0.717) is 0 Å². The Morgan fingerprint density at radius 1 is 1.36 bits per heavy atom. The smallest absolute Gasteiger partial charge is 0.122 e. The first-order valence-electron chi connectivity index (χ1n) is 4.24. The van der Waals surface area contributed by atoms with Crippen LogP contribution in [0.5, 0.6) is 5.75 Å². The lowest BCUT2D eigenvalue weighted by Gasteiger charge is -2.07. The van der Waals surface area contributed by atoms with E-state index in [-0.39, 0.29) is 30.9 Å². The third kappa shape index (κ3) is 2.14. The van der Waals surface area contributed by atoms with E-state index in [1.54, 1.807) is 7.11 Å². The van der Waals surface area contributed by atoms with Crippen LogP contribution in [0.4, 0.5) is 0 Å². The summed E-state index contributed by atoms with van der Waals surface area (Å²) in [7, 11) is 1.71.